The fraction of sp³-hybridized carbons (Fsp3) is 0.360. The molecule has 0 bridgehead atoms. The number of aromatic hydroxyl groups is 2. The number of aromatic nitrogens is 2. The molecular formula is C25H29N3O5. The molecule has 0 saturated carbocycles. The zero-order valence-electron chi connectivity index (χ0n) is 19.3. The van der Waals surface area contributed by atoms with Crippen LogP contribution in [0.1, 0.15) is 53.5 Å². The molecule has 0 radical (unpaired) electrons. The van der Waals surface area contributed by atoms with Gasteiger partial charge in [0.15, 0.2) is 11.5 Å². The Labute approximate surface area is 192 Å². The van der Waals surface area contributed by atoms with Crippen LogP contribution in [0.3, 0.4) is 0 Å². The van der Waals surface area contributed by atoms with Crippen LogP contribution in [0.5, 0.6) is 17.2 Å². The molecule has 33 heavy (non-hydrogen) atoms. The number of benzene rings is 2. The Kier molecular flexibility index (Phi) is 6.29. The van der Waals surface area contributed by atoms with Gasteiger partial charge in [-0.1, -0.05) is 17.7 Å². The Balaban J connectivity index is 1.80. The summed E-state index contributed by atoms with van der Waals surface area (Å²) in [4.78, 5) is 15.2. The molecule has 1 aromatic heterocycles. The van der Waals surface area contributed by atoms with Crippen LogP contribution in [-0.4, -0.2) is 57.6 Å². The molecule has 3 aromatic rings. The second-order valence-electron chi connectivity index (χ2n) is 8.49. The number of aryl methyl sites for hydroxylation is 1. The van der Waals surface area contributed by atoms with Gasteiger partial charge in [-0.05, 0) is 57.0 Å². The third kappa shape index (κ3) is 4.26. The molecule has 8 nitrogen and oxygen atoms in total. The highest BCUT2D eigenvalue weighted by Gasteiger charge is 2.42. The Bertz CT molecular complexity index is 1170. The molecule has 1 aliphatic rings. The number of aromatic amines is 1. The molecule has 1 aliphatic heterocycles. The van der Waals surface area contributed by atoms with Crippen LogP contribution in [0, 0.1) is 6.92 Å². The number of nitrogens with one attached hydrogen (secondary N) is 1. The smallest absolute Gasteiger partial charge is 0.273 e. The van der Waals surface area contributed by atoms with E-state index in [0.717, 1.165) is 11.1 Å². The lowest BCUT2D eigenvalue weighted by Crippen LogP contribution is -2.31. The summed E-state index contributed by atoms with van der Waals surface area (Å²) >= 11 is 0. The molecule has 1 atom stereocenters. The number of fused-ring (bicyclic) bond motifs is 1. The molecule has 4 rings (SSSR count). The van der Waals surface area contributed by atoms with Crippen LogP contribution in [0.25, 0.3) is 11.3 Å². The summed E-state index contributed by atoms with van der Waals surface area (Å²) in [5.41, 5.74) is 3.91. The van der Waals surface area contributed by atoms with Gasteiger partial charge in [-0.15, -0.1) is 0 Å². The first-order chi connectivity index (χ1) is 15.8. The van der Waals surface area contributed by atoms with E-state index in [0.29, 0.717) is 47.8 Å². The number of methoxy groups -OCH3 is 1. The van der Waals surface area contributed by atoms with Gasteiger partial charge in [0, 0.05) is 24.3 Å². The van der Waals surface area contributed by atoms with Crippen LogP contribution < -0.4 is 4.74 Å². The summed E-state index contributed by atoms with van der Waals surface area (Å²) < 4.78 is 11.0. The number of rotatable bonds is 8. The fourth-order valence-corrected chi connectivity index (χ4v) is 4.24. The number of carbonyl (C=O) groups is 1. The van der Waals surface area contributed by atoms with Gasteiger partial charge in [0.2, 0.25) is 0 Å². The van der Waals surface area contributed by atoms with Crippen LogP contribution in [0.15, 0.2) is 36.4 Å². The molecule has 1 amide bonds. The van der Waals surface area contributed by atoms with Crippen molar-refractivity contribution in [2.75, 3.05) is 20.3 Å². The minimum Gasteiger partial charge on any atom is -0.507 e. The van der Waals surface area contributed by atoms with E-state index < -0.39 is 6.04 Å². The van der Waals surface area contributed by atoms with Gasteiger partial charge < -0.3 is 24.6 Å². The maximum atomic E-state index is 13.4. The van der Waals surface area contributed by atoms with E-state index in [1.165, 1.54) is 7.11 Å². The minimum atomic E-state index is -0.463. The average Bonchev–Trinajstić information content (AvgIpc) is 3.32. The van der Waals surface area contributed by atoms with Crippen molar-refractivity contribution in [3.63, 3.8) is 0 Å². The third-order valence-corrected chi connectivity index (χ3v) is 5.79. The Hall–Kier alpha value is -3.52. The van der Waals surface area contributed by atoms with Crippen LogP contribution in [0.4, 0.5) is 0 Å². The number of ether oxygens (including phenoxy) is 2. The summed E-state index contributed by atoms with van der Waals surface area (Å²) in [7, 11) is 1.49. The van der Waals surface area contributed by atoms with Gasteiger partial charge in [0.1, 0.15) is 17.1 Å². The van der Waals surface area contributed by atoms with Crippen molar-refractivity contribution in [1.82, 2.24) is 15.1 Å². The third-order valence-electron chi connectivity index (χ3n) is 5.79. The molecule has 0 spiro atoms. The Morgan fingerprint density at radius 2 is 1.91 bits per heavy atom. The van der Waals surface area contributed by atoms with E-state index in [1.807, 2.05) is 32.9 Å². The fourth-order valence-electron chi connectivity index (χ4n) is 4.24. The number of phenolic OH excluding ortho intramolecular Hbond substituents is 2. The highest BCUT2D eigenvalue weighted by Crippen LogP contribution is 2.45. The van der Waals surface area contributed by atoms with Gasteiger partial charge in [0.25, 0.3) is 5.91 Å². The van der Waals surface area contributed by atoms with Gasteiger partial charge >= 0.3 is 0 Å². The summed E-state index contributed by atoms with van der Waals surface area (Å²) in [6, 6.07) is 9.89. The zero-order valence-corrected chi connectivity index (χ0v) is 19.3. The maximum Gasteiger partial charge on any atom is 0.273 e. The first-order valence-corrected chi connectivity index (χ1v) is 11.0. The number of H-pyrrole nitrogens is 1. The molecule has 2 heterocycles. The lowest BCUT2D eigenvalue weighted by atomic mass is 9.94. The largest absolute Gasteiger partial charge is 0.507 e. The molecule has 3 N–H and O–H groups in total. The van der Waals surface area contributed by atoms with Crippen molar-refractivity contribution in [2.45, 2.75) is 39.3 Å². The number of hydrogen-bond donors (Lipinski definition) is 3. The predicted octanol–water partition coefficient (Wildman–Crippen LogP) is 4.17. The SMILES string of the molecule is COc1cc([C@@H]2c3c(-c4cc(C)ccc4O)n[nH]c3C(=O)N2CCCOC(C)C)ccc1O. The minimum absolute atomic E-state index is 0.0198. The Morgan fingerprint density at radius 1 is 1.15 bits per heavy atom. The first-order valence-electron chi connectivity index (χ1n) is 11.0. The van der Waals surface area contributed by atoms with Crippen LogP contribution in [-0.2, 0) is 4.74 Å². The molecule has 174 valence electrons. The zero-order chi connectivity index (χ0) is 23.7. The second-order valence-corrected chi connectivity index (χ2v) is 8.49. The molecule has 0 unspecified atom stereocenters. The Morgan fingerprint density at radius 3 is 2.64 bits per heavy atom. The van der Waals surface area contributed by atoms with Crippen molar-refractivity contribution in [3.8, 4) is 28.5 Å². The van der Waals surface area contributed by atoms with E-state index in [2.05, 4.69) is 10.2 Å². The summed E-state index contributed by atoms with van der Waals surface area (Å²) in [5, 5.41) is 28.0. The van der Waals surface area contributed by atoms with E-state index in [1.54, 1.807) is 29.2 Å². The van der Waals surface area contributed by atoms with Gasteiger partial charge in [-0.25, -0.2) is 0 Å². The van der Waals surface area contributed by atoms with Crippen molar-refractivity contribution in [3.05, 3.63) is 58.8 Å². The molecule has 8 heteroatoms. The summed E-state index contributed by atoms with van der Waals surface area (Å²) in [6.07, 6.45) is 0.780. The molecule has 0 aliphatic carbocycles. The van der Waals surface area contributed by atoms with Gasteiger partial charge in [-0.3, -0.25) is 9.89 Å². The van der Waals surface area contributed by atoms with E-state index in [-0.39, 0.29) is 23.5 Å². The second kappa shape index (κ2) is 9.15. The predicted molar refractivity (Wildman–Crippen MR) is 124 cm³/mol. The van der Waals surface area contributed by atoms with Crippen molar-refractivity contribution in [1.29, 1.82) is 0 Å². The highest BCUT2D eigenvalue weighted by molar-refractivity contribution is 6.00. The maximum absolute atomic E-state index is 13.4. The van der Waals surface area contributed by atoms with Crippen LogP contribution >= 0.6 is 0 Å². The van der Waals surface area contributed by atoms with Crippen molar-refractivity contribution in [2.24, 2.45) is 0 Å². The lowest BCUT2D eigenvalue weighted by Gasteiger charge is -2.27. The van der Waals surface area contributed by atoms with Crippen molar-refractivity contribution >= 4 is 5.91 Å². The molecular weight excluding hydrogens is 422 g/mol. The van der Waals surface area contributed by atoms with Crippen LogP contribution in [0.2, 0.25) is 0 Å². The molecule has 0 saturated heterocycles. The van der Waals surface area contributed by atoms with Gasteiger partial charge in [-0.2, -0.15) is 5.10 Å². The molecule has 2 aromatic carbocycles. The quantitative estimate of drug-likeness (QED) is 0.444. The lowest BCUT2D eigenvalue weighted by molar-refractivity contribution is 0.0601. The van der Waals surface area contributed by atoms with Gasteiger partial charge in [0.05, 0.1) is 19.3 Å². The van der Waals surface area contributed by atoms with E-state index >= 15 is 0 Å². The van der Waals surface area contributed by atoms with E-state index in [4.69, 9.17) is 9.47 Å². The topological polar surface area (TPSA) is 108 Å². The standard InChI is InChI=1S/C25H29N3O5/c1-14(2)33-11-5-10-28-24(16-7-9-19(30)20(13-16)32-4)21-22(26-27-23(21)25(28)31)17-12-15(3)6-8-18(17)29/h6-9,12-14,24,29-30H,5,10-11H2,1-4H3,(H,26,27)/t24-/m1/s1. The number of phenols is 2. The summed E-state index contributed by atoms with van der Waals surface area (Å²) in [5.74, 6) is 0.261. The average molecular weight is 452 g/mol. The highest BCUT2D eigenvalue weighted by atomic mass is 16.5. The normalized spacial score (nSPS) is 15.4. The number of nitrogens with zero attached hydrogens (tertiary/aromatic N) is 2. The van der Waals surface area contributed by atoms with Crippen molar-refractivity contribution < 1.29 is 24.5 Å². The number of hydrogen-bond acceptors (Lipinski definition) is 6. The summed E-state index contributed by atoms with van der Waals surface area (Å²) in [6.45, 7) is 6.89. The molecule has 0 fully saturated rings. The monoisotopic (exact) mass is 451 g/mol. The van der Waals surface area contributed by atoms with E-state index in [9.17, 15) is 15.0 Å². The number of carbonyl (C=O) groups excluding carboxylic acids is 1. The first kappa shape index (κ1) is 22.7. The number of amides is 1.